The first-order valence-corrected chi connectivity index (χ1v) is 6.66. The Morgan fingerprint density at radius 2 is 2.22 bits per heavy atom. The van der Waals surface area contributed by atoms with Crippen LogP contribution in [0.3, 0.4) is 0 Å². The van der Waals surface area contributed by atoms with Crippen molar-refractivity contribution in [3.05, 3.63) is 34.9 Å². The maximum absolute atomic E-state index is 12.3. The van der Waals surface area contributed by atoms with E-state index < -0.39 is 0 Å². The topological polar surface area (TPSA) is 23.6 Å². The minimum Gasteiger partial charge on any atom is -0.337 e. The normalized spacial score (nSPS) is 21.1. The van der Waals surface area contributed by atoms with Crippen LogP contribution in [0.25, 0.3) is 0 Å². The Morgan fingerprint density at radius 3 is 2.89 bits per heavy atom. The number of halogens is 1. The first-order valence-electron chi connectivity index (χ1n) is 6.28. The van der Waals surface area contributed by atoms with Gasteiger partial charge in [-0.25, -0.2) is 0 Å². The third kappa shape index (κ3) is 3.24. The van der Waals surface area contributed by atoms with Crippen molar-refractivity contribution in [1.29, 1.82) is 0 Å². The van der Waals surface area contributed by atoms with Gasteiger partial charge in [-0.05, 0) is 31.7 Å². The Balaban J connectivity index is 1.99. The van der Waals surface area contributed by atoms with Crippen LogP contribution in [0.1, 0.15) is 12.5 Å². The lowest BCUT2D eigenvalue weighted by Gasteiger charge is -2.38. The summed E-state index contributed by atoms with van der Waals surface area (Å²) < 4.78 is 0. The van der Waals surface area contributed by atoms with E-state index in [1.165, 1.54) is 0 Å². The standard InChI is InChI=1S/C14H19ClN2O/c1-11-10-16(2)6-7-17(11)14(18)9-12-4-3-5-13(15)8-12/h3-5,8,11H,6-7,9-10H2,1-2H3. The number of nitrogens with zero attached hydrogens (tertiary/aromatic N) is 2. The molecule has 4 heteroatoms. The van der Waals surface area contributed by atoms with Gasteiger partial charge >= 0.3 is 0 Å². The van der Waals surface area contributed by atoms with Gasteiger partial charge in [-0.2, -0.15) is 0 Å². The van der Waals surface area contributed by atoms with Crippen molar-refractivity contribution in [2.24, 2.45) is 0 Å². The molecule has 0 bridgehead atoms. The van der Waals surface area contributed by atoms with Gasteiger partial charge in [0.1, 0.15) is 0 Å². The van der Waals surface area contributed by atoms with Crippen LogP contribution in [0.4, 0.5) is 0 Å². The molecule has 1 fully saturated rings. The van der Waals surface area contributed by atoms with Crippen LogP contribution >= 0.6 is 11.6 Å². The molecule has 18 heavy (non-hydrogen) atoms. The molecule has 98 valence electrons. The minimum absolute atomic E-state index is 0.192. The lowest BCUT2D eigenvalue weighted by Crippen LogP contribution is -2.53. The summed E-state index contributed by atoms with van der Waals surface area (Å²) in [6.07, 6.45) is 0.439. The summed E-state index contributed by atoms with van der Waals surface area (Å²) in [5.74, 6) is 0.192. The smallest absolute Gasteiger partial charge is 0.227 e. The van der Waals surface area contributed by atoms with Crippen molar-refractivity contribution >= 4 is 17.5 Å². The fourth-order valence-corrected chi connectivity index (χ4v) is 2.65. The molecule has 0 radical (unpaired) electrons. The summed E-state index contributed by atoms with van der Waals surface area (Å²) >= 11 is 5.93. The molecule has 1 aromatic carbocycles. The van der Waals surface area contributed by atoms with E-state index in [0.29, 0.717) is 11.4 Å². The van der Waals surface area contributed by atoms with Gasteiger partial charge in [-0.15, -0.1) is 0 Å². The van der Waals surface area contributed by atoms with Gasteiger partial charge in [0.05, 0.1) is 6.42 Å². The van der Waals surface area contributed by atoms with E-state index in [1.54, 1.807) is 0 Å². The monoisotopic (exact) mass is 266 g/mol. The van der Waals surface area contributed by atoms with Crippen LogP contribution in [-0.4, -0.2) is 48.4 Å². The third-order valence-electron chi connectivity index (χ3n) is 3.40. The highest BCUT2D eigenvalue weighted by atomic mass is 35.5. The van der Waals surface area contributed by atoms with E-state index in [9.17, 15) is 4.79 Å². The fourth-order valence-electron chi connectivity index (χ4n) is 2.43. The third-order valence-corrected chi connectivity index (χ3v) is 3.63. The van der Waals surface area contributed by atoms with Crippen LogP contribution in [0.5, 0.6) is 0 Å². The van der Waals surface area contributed by atoms with Crippen molar-refractivity contribution in [3.8, 4) is 0 Å². The van der Waals surface area contributed by atoms with Crippen LogP contribution in [0, 0.1) is 0 Å². The molecule has 3 nitrogen and oxygen atoms in total. The number of likely N-dealkylation sites (N-methyl/N-ethyl adjacent to an activating group) is 1. The quantitative estimate of drug-likeness (QED) is 0.818. The number of hydrogen-bond acceptors (Lipinski definition) is 2. The van der Waals surface area contributed by atoms with Gasteiger partial charge in [0.25, 0.3) is 0 Å². The predicted octanol–water partition coefficient (Wildman–Crippen LogP) is 2.04. The maximum atomic E-state index is 12.3. The van der Waals surface area contributed by atoms with E-state index in [1.807, 2.05) is 29.2 Å². The largest absolute Gasteiger partial charge is 0.337 e. The van der Waals surface area contributed by atoms with E-state index >= 15 is 0 Å². The number of amides is 1. The summed E-state index contributed by atoms with van der Waals surface area (Å²) in [7, 11) is 2.09. The van der Waals surface area contributed by atoms with Crippen LogP contribution in [-0.2, 0) is 11.2 Å². The maximum Gasteiger partial charge on any atom is 0.227 e. The molecule has 1 aliphatic heterocycles. The minimum atomic E-state index is 0.192. The summed E-state index contributed by atoms with van der Waals surface area (Å²) in [6.45, 7) is 4.81. The molecule has 0 spiro atoms. The number of benzene rings is 1. The molecule has 0 aromatic heterocycles. The van der Waals surface area contributed by atoms with E-state index in [2.05, 4.69) is 18.9 Å². The Hall–Kier alpha value is -1.06. The highest BCUT2D eigenvalue weighted by molar-refractivity contribution is 6.30. The molecular weight excluding hydrogens is 248 g/mol. The first-order chi connectivity index (χ1) is 8.56. The van der Waals surface area contributed by atoms with Gasteiger partial charge in [0.2, 0.25) is 5.91 Å². The van der Waals surface area contributed by atoms with Gasteiger partial charge in [-0.1, -0.05) is 23.7 Å². The molecule has 2 rings (SSSR count). The summed E-state index contributed by atoms with van der Waals surface area (Å²) in [4.78, 5) is 16.5. The van der Waals surface area contributed by atoms with E-state index in [-0.39, 0.29) is 11.9 Å². The second kappa shape index (κ2) is 5.72. The molecule has 1 saturated heterocycles. The zero-order valence-electron chi connectivity index (χ0n) is 10.9. The molecule has 1 unspecified atom stereocenters. The molecule has 1 amide bonds. The highest BCUT2D eigenvalue weighted by Crippen LogP contribution is 2.14. The molecule has 1 heterocycles. The van der Waals surface area contributed by atoms with Crippen LogP contribution < -0.4 is 0 Å². The van der Waals surface area contributed by atoms with Crippen molar-refractivity contribution in [3.63, 3.8) is 0 Å². The lowest BCUT2D eigenvalue weighted by atomic mass is 10.1. The van der Waals surface area contributed by atoms with Crippen LogP contribution in [0.2, 0.25) is 5.02 Å². The number of hydrogen-bond donors (Lipinski definition) is 0. The number of carbonyl (C=O) groups is 1. The average Bonchev–Trinajstić information content (AvgIpc) is 2.28. The number of rotatable bonds is 2. The van der Waals surface area contributed by atoms with E-state index in [0.717, 1.165) is 25.2 Å². The Bertz CT molecular complexity index is 436. The predicted molar refractivity (Wildman–Crippen MR) is 73.8 cm³/mol. The van der Waals surface area contributed by atoms with E-state index in [4.69, 9.17) is 11.6 Å². The Labute approximate surface area is 113 Å². The molecular formula is C14H19ClN2O. The molecule has 1 atom stereocenters. The summed E-state index contributed by atoms with van der Waals surface area (Å²) in [5.41, 5.74) is 0.985. The lowest BCUT2D eigenvalue weighted by molar-refractivity contribution is -0.134. The zero-order chi connectivity index (χ0) is 13.1. The Kier molecular flexibility index (Phi) is 4.25. The fraction of sp³-hybridized carbons (Fsp3) is 0.500. The average molecular weight is 267 g/mol. The van der Waals surface area contributed by atoms with Gasteiger partial charge in [0, 0.05) is 30.7 Å². The van der Waals surface area contributed by atoms with Crippen LogP contribution in [0.15, 0.2) is 24.3 Å². The number of carbonyl (C=O) groups excluding carboxylic acids is 1. The summed E-state index contributed by atoms with van der Waals surface area (Å²) in [6, 6.07) is 7.81. The van der Waals surface area contributed by atoms with Crippen molar-refractivity contribution in [2.75, 3.05) is 26.7 Å². The molecule has 1 aliphatic rings. The van der Waals surface area contributed by atoms with Gasteiger partial charge < -0.3 is 9.80 Å². The molecule has 0 N–H and O–H groups in total. The molecule has 0 saturated carbocycles. The van der Waals surface area contributed by atoms with Crippen molar-refractivity contribution in [1.82, 2.24) is 9.80 Å². The van der Waals surface area contributed by atoms with Gasteiger partial charge in [-0.3, -0.25) is 4.79 Å². The Morgan fingerprint density at radius 1 is 1.44 bits per heavy atom. The first kappa shape index (κ1) is 13.4. The second-order valence-electron chi connectivity index (χ2n) is 5.01. The zero-order valence-corrected chi connectivity index (χ0v) is 11.7. The highest BCUT2D eigenvalue weighted by Gasteiger charge is 2.25. The van der Waals surface area contributed by atoms with Crippen molar-refractivity contribution < 1.29 is 4.79 Å². The summed E-state index contributed by atoms with van der Waals surface area (Å²) in [5, 5.41) is 0.687. The second-order valence-corrected chi connectivity index (χ2v) is 5.44. The molecule has 0 aliphatic carbocycles. The SMILES string of the molecule is CC1CN(C)CCN1C(=O)Cc1cccc(Cl)c1. The number of piperazine rings is 1. The van der Waals surface area contributed by atoms with Gasteiger partial charge in [0.15, 0.2) is 0 Å². The van der Waals surface area contributed by atoms with Crippen molar-refractivity contribution in [2.45, 2.75) is 19.4 Å². The molecule has 1 aromatic rings.